The molecule has 4 rings (SSSR count). The van der Waals surface area contributed by atoms with Crippen LogP contribution < -0.4 is 10.6 Å². The molecule has 0 saturated carbocycles. The lowest BCUT2D eigenvalue weighted by molar-refractivity contribution is -0.137. The number of thioether (sulfide) groups is 1. The summed E-state index contributed by atoms with van der Waals surface area (Å²) in [6, 6.07) is 10.7. The first-order valence-corrected chi connectivity index (χ1v) is 8.72. The third kappa shape index (κ3) is 2.86. The maximum absolute atomic E-state index is 12.8. The fourth-order valence-electron chi connectivity index (χ4n) is 3.42. The molecule has 1 saturated heterocycles. The highest BCUT2D eigenvalue weighted by atomic mass is 32.2. The summed E-state index contributed by atoms with van der Waals surface area (Å²) in [4.78, 5) is 11.9. The highest BCUT2D eigenvalue weighted by molar-refractivity contribution is 8.14. The predicted octanol–water partition coefficient (Wildman–Crippen LogP) is 5.05. The van der Waals surface area contributed by atoms with Gasteiger partial charge < -0.3 is 10.6 Å². The summed E-state index contributed by atoms with van der Waals surface area (Å²) in [5.41, 5.74) is 3.08. The minimum absolute atomic E-state index is 0.108. The topological polar surface area (TPSA) is 41.1 Å². The van der Waals surface area contributed by atoms with Gasteiger partial charge in [0.05, 0.1) is 22.9 Å². The van der Waals surface area contributed by atoms with Crippen LogP contribution in [0.5, 0.6) is 0 Å². The molecule has 0 bridgehead atoms. The van der Waals surface area contributed by atoms with Crippen molar-refractivity contribution >= 4 is 22.7 Å². The van der Waals surface area contributed by atoms with Gasteiger partial charge in [-0.1, -0.05) is 41.6 Å². The van der Waals surface area contributed by atoms with Crippen molar-refractivity contribution in [2.45, 2.75) is 30.4 Å². The van der Waals surface area contributed by atoms with Crippen LogP contribution in [0, 0.1) is 6.92 Å². The first kappa shape index (κ1) is 16.3. The normalized spacial score (nSPS) is 25.0. The van der Waals surface area contributed by atoms with Gasteiger partial charge in [0.15, 0.2) is 0 Å². The van der Waals surface area contributed by atoms with Crippen molar-refractivity contribution in [2.24, 2.45) is 0 Å². The summed E-state index contributed by atoms with van der Waals surface area (Å²) in [7, 11) is 0. The molecule has 1 amide bonds. The van der Waals surface area contributed by atoms with Gasteiger partial charge in [0.1, 0.15) is 0 Å². The highest BCUT2D eigenvalue weighted by Crippen LogP contribution is 2.49. The monoisotopic (exact) mass is 364 g/mol. The molecular weight excluding hydrogens is 349 g/mol. The number of nitrogens with one attached hydrogen (secondary N) is 2. The molecule has 2 aromatic rings. The van der Waals surface area contributed by atoms with Crippen molar-refractivity contribution in [3.8, 4) is 0 Å². The quantitative estimate of drug-likeness (QED) is 0.744. The lowest BCUT2D eigenvalue weighted by atomic mass is 9.88. The van der Waals surface area contributed by atoms with Crippen LogP contribution in [-0.4, -0.2) is 10.5 Å². The van der Waals surface area contributed by atoms with Crippen LogP contribution in [0.1, 0.15) is 34.3 Å². The number of carbonyl (C=O) groups is 1. The van der Waals surface area contributed by atoms with E-state index in [0.717, 1.165) is 34.5 Å². The Balaban J connectivity index is 1.73. The van der Waals surface area contributed by atoms with E-state index in [1.165, 1.54) is 23.9 Å². The summed E-state index contributed by atoms with van der Waals surface area (Å²) >= 11 is 1.20. The summed E-state index contributed by atoms with van der Waals surface area (Å²) in [5, 5.41) is 6.15. The first-order chi connectivity index (χ1) is 11.8. The third-order valence-corrected chi connectivity index (χ3v) is 5.77. The molecule has 130 valence electrons. The van der Waals surface area contributed by atoms with Crippen LogP contribution in [-0.2, 0) is 6.18 Å². The zero-order valence-corrected chi connectivity index (χ0v) is 14.0. The Bertz CT molecular complexity index is 835. The molecule has 2 heterocycles. The summed E-state index contributed by atoms with van der Waals surface area (Å²) in [5.74, 6) is 0. The van der Waals surface area contributed by atoms with Gasteiger partial charge in [-0.05, 0) is 36.2 Å². The first-order valence-electron chi connectivity index (χ1n) is 7.84. The predicted molar refractivity (Wildman–Crippen MR) is 91.6 cm³/mol. The summed E-state index contributed by atoms with van der Waals surface area (Å²) < 4.78 is 38.4. The van der Waals surface area contributed by atoms with Crippen LogP contribution in [0.3, 0.4) is 0 Å². The van der Waals surface area contributed by atoms with Gasteiger partial charge in [0, 0.05) is 5.69 Å². The molecule has 3 nitrogen and oxygen atoms in total. The average molecular weight is 364 g/mol. The standard InChI is InChI=1S/C18H15F3N2OS/c1-9-2-7-13-12(8-9)15-16(25-17(24)23-15)14(22-13)10-3-5-11(6-4-10)18(19,20)21/h2-8,14-16,22H,1H3,(H,23,24)/t14-,15+,16-/m0/s1. The molecule has 7 heteroatoms. The second kappa shape index (κ2) is 5.69. The Labute approximate surface area is 147 Å². The van der Waals surface area contributed by atoms with E-state index in [1.807, 2.05) is 25.1 Å². The Kier molecular flexibility index (Phi) is 3.72. The molecule has 2 aliphatic heterocycles. The van der Waals surface area contributed by atoms with E-state index in [1.54, 1.807) is 0 Å². The number of amides is 1. The number of alkyl halides is 3. The number of anilines is 1. The number of hydrogen-bond acceptors (Lipinski definition) is 3. The van der Waals surface area contributed by atoms with Gasteiger partial charge in [-0.2, -0.15) is 13.2 Å². The Morgan fingerprint density at radius 2 is 1.72 bits per heavy atom. The van der Waals surface area contributed by atoms with Crippen LogP contribution in [0.25, 0.3) is 0 Å². The molecule has 2 aromatic carbocycles. The van der Waals surface area contributed by atoms with E-state index < -0.39 is 11.7 Å². The van der Waals surface area contributed by atoms with Crippen molar-refractivity contribution in [3.05, 3.63) is 64.7 Å². The molecule has 2 aliphatic rings. The lowest BCUT2D eigenvalue weighted by Gasteiger charge is -2.36. The zero-order valence-electron chi connectivity index (χ0n) is 13.2. The van der Waals surface area contributed by atoms with Crippen molar-refractivity contribution in [2.75, 3.05) is 5.32 Å². The van der Waals surface area contributed by atoms with E-state index in [-0.39, 0.29) is 22.6 Å². The van der Waals surface area contributed by atoms with Crippen molar-refractivity contribution < 1.29 is 18.0 Å². The smallest absolute Gasteiger partial charge is 0.377 e. The van der Waals surface area contributed by atoms with E-state index in [0.29, 0.717) is 0 Å². The summed E-state index contributed by atoms with van der Waals surface area (Å²) in [6.45, 7) is 1.99. The number of hydrogen-bond donors (Lipinski definition) is 2. The number of benzene rings is 2. The second-order valence-electron chi connectivity index (χ2n) is 6.32. The molecule has 0 radical (unpaired) electrons. The molecule has 3 atom stereocenters. The van der Waals surface area contributed by atoms with E-state index in [4.69, 9.17) is 0 Å². The van der Waals surface area contributed by atoms with Crippen molar-refractivity contribution in [1.29, 1.82) is 0 Å². The molecule has 0 aromatic heterocycles. The number of carbonyl (C=O) groups excluding carboxylic acids is 1. The fraction of sp³-hybridized carbons (Fsp3) is 0.278. The third-order valence-electron chi connectivity index (χ3n) is 4.62. The minimum Gasteiger partial charge on any atom is -0.377 e. The van der Waals surface area contributed by atoms with Gasteiger partial charge in [-0.3, -0.25) is 4.79 Å². The molecule has 0 spiro atoms. The van der Waals surface area contributed by atoms with E-state index in [9.17, 15) is 18.0 Å². The highest BCUT2D eigenvalue weighted by Gasteiger charge is 2.44. The van der Waals surface area contributed by atoms with Crippen LogP contribution in [0.2, 0.25) is 0 Å². The number of fused-ring (bicyclic) bond motifs is 3. The molecule has 25 heavy (non-hydrogen) atoms. The molecule has 2 N–H and O–H groups in total. The maximum Gasteiger partial charge on any atom is 0.416 e. The average Bonchev–Trinajstić information content (AvgIpc) is 2.95. The zero-order chi connectivity index (χ0) is 17.8. The molecular formula is C18H15F3N2OS. The lowest BCUT2D eigenvalue weighted by Crippen LogP contribution is -2.35. The second-order valence-corrected chi connectivity index (χ2v) is 7.48. The Morgan fingerprint density at radius 1 is 1.00 bits per heavy atom. The van der Waals surface area contributed by atoms with E-state index in [2.05, 4.69) is 10.6 Å². The Morgan fingerprint density at radius 3 is 2.40 bits per heavy atom. The number of rotatable bonds is 1. The minimum atomic E-state index is -4.36. The maximum atomic E-state index is 12.8. The van der Waals surface area contributed by atoms with Crippen molar-refractivity contribution in [3.63, 3.8) is 0 Å². The SMILES string of the molecule is Cc1ccc2c(c1)[C@H]1NC(=O)S[C@H]1[C@H](c1ccc(C(F)(F)F)cc1)N2. The van der Waals surface area contributed by atoms with Gasteiger partial charge in [-0.25, -0.2) is 0 Å². The largest absolute Gasteiger partial charge is 0.416 e. The van der Waals surface area contributed by atoms with Crippen LogP contribution >= 0.6 is 11.8 Å². The van der Waals surface area contributed by atoms with Crippen LogP contribution in [0.15, 0.2) is 42.5 Å². The number of aryl methyl sites for hydroxylation is 1. The molecule has 0 aliphatic carbocycles. The van der Waals surface area contributed by atoms with Gasteiger partial charge in [0.25, 0.3) is 5.24 Å². The van der Waals surface area contributed by atoms with Crippen molar-refractivity contribution in [1.82, 2.24) is 5.32 Å². The fourth-order valence-corrected chi connectivity index (χ4v) is 4.58. The summed E-state index contributed by atoms with van der Waals surface area (Å²) in [6.07, 6.45) is -4.36. The number of halogens is 3. The Hall–Kier alpha value is -2.15. The van der Waals surface area contributed by atoms with Gasteiger partial charge in [0.2, 0.25) is 0 Å². The molecule has 0 unspecified atom stereocenters. The van der Waals surface area contributed by atoms with E-state index >= 15 is 0 Å². The van der Waals surface area contributed by atoms with Gasteiger partial charge >= 0.3 is 6.18 Å². The van der Waals surface area contributed by atoms with Crippen LogP contribution in [0.4, 0.5) is 23.7 Å². The van der Waals surface area contributed by atoms with Gasteiger partial charge in [-0.15, -0.1) is 0 Å². The molecule has 1 fully saturated rings.